The number of rotatable bonds is 4. The topological polar surface area (TPSA) is 12.0 Å². The van der Waals surface area contributed by atoms with Crippen molar-refractivity contribution < 1.29 is 0 Å². The van der Waals surface area contributed by atoms with Crippen LogP contribution in [0.3, 0.4) is 0 Å². The second-order valence-electron chi connectivity index (χ2n) is 3.80. The molecule has 1 aromatic carbocycles. The van der Waals surface area contributed by atoms with Gasteiger partial charge in [-0.2, -0.15) is 0 Å². The van der Waals surface area contributed by atoms with Crippen LogP contribution in [0.5, 0.6) is 0 Å². The first kappa shape index (κ1) is 10.8. The van der Waals surface area contributed by atoms with Gasteiger partial charge in [0.15, 0.2) is 0 Å². The zero-order valence-electron chi connectivity index (χ0n) is 9.30. The maximum absolute atomic E-state index is 3.87. The lowest BCUT2D eigenvalue weighted by Crippen LogP contribution is -2.17. The van der Waals surface area contributed by atoms with E-state index in [2.05, 4.69) is 50.0 Å². The molecule has 1 nitrogen and oxygen atoms in total. The molecule has 1 rings (SSSR count). The van der Waals surface area contributed by atoms with Gasteiger partial charge in [0.05, 0.1) is 6.04 Å². The van der Waals surface area contributed by atoms with E-state index < -0.39 is 0 Å². The second-order valence-corrected chi connectivity index (χ2v) is 3.80. The lowest BCUT2D eigenvalue weighted by Gasteiger charge is -2.18. The first-order valence-electron chi connectivity index (χ1n) is 5.12. The molecule has 1 heteroatoms. The summed E-state index contributed by atoms with van der Waals surface area (Å²) in [6, 6.07) is 9.06. The van der Waals surface area contributed by atoms with Crippen molar-refractivity contribution in [2.24, 2.45) is 0 Å². The van der Waals surface area contributed by atoms with E-state index >= 15 is 0 Å². The van der Waals surface area contributed by atoms with E-state index in [9.17, 15) is 0 Å². The minimum absolute atomic E-state index is 0.396. The Bertz CT molecular complexity index is 298. The molecule has 0 saturated heterocycles. The summed E-state index contributed by atoms with van der Waals surface area (Å²) < 4.78 is 0. The lowest BCUT2D eigenvalue weighted by atomic mass is 10.0. The van der Waals surface area contributed by atoms with Crippen LogP contribution in [0.25, 0.3) is 0 Å². The van der Waals surface area contributed by atoms with Gasteiger partial charge in [-0.05, 0) is 25.8 Å². The quantitative estimate of drug-likeness (QED) is 0.763. The molecule has 0 aliphatic carbocycles. The van der Waals surface area contributed by atoms with Crippen molar-refractivity contribution in [3.8, 4) is 0 Å². The predicted octanol–water partition coefficient (Wildman–Crippen LogP) is 3.57. The van der Waals surface area contributed by atoms with E-state index in [0.29, 0.717) is 6.04 Å². The number of allylic oxidation sites excluding steroid dienone is 1. The first-order chi connectivity index (χ1) is 6.63. The first-order valence-corrected chi connectivity index (χ1v) is 5.12. The predicted molar refractivity (Wildman–Crippen MR) is 62.2 cm³/mol. The molecule has 1 unspecified atom stereocenters. The van der Waals surface area contributed by atoms with Gasteiger partial charge in [0.2, 0.25) is 0 Å². The summed E-state index contributed by atoms with van der Waals surface area (Å²) in [6.45, 7) is 10.2. The van der Waals surface area contributed by atoms with Crippen molar-refractivity contribution in [2.45, 2.75) is 33.2 Å². The molecule has 0 radical (unpaired) electrons. The molecule has 14 heavy (non-hydrogen) atoms. The molecule has 1 N–H and O–H groups in total. The number of hydrogen-bond acceptors (Lipinski definition) is 1. The van der Waals surface area contributed by atoms with Crippen LogP contribution in [-0.2, 0) is 0 Å². The highest BCUT2D eigenvalue weighted by Crippen LogP contribution is 2.17. The summed E-state index contributed by atoms with van der Waals surface area (Å²) in [6.07, 6.45) is 1.08. The Morgan fingerprint density at radius 1 is 1.36 bits per heavy atom. The summed E-state index contributed by atoms with van der Waals surface area (Å²) in [5.74, 6) is 0. The van der Waals surface area contributed by atoms with Crippen LogP contribution in [-0.4, -0.2) is 0 Å². The van der Waals surface area contributed by atoms with Gasteiger partial charge in [-0.15, -0.1) is 0 Å². The summed E-state index contributed by atoms with van der Waals surface area (Å²) in [5.41, 5.74) is 3.66. The van der Waals surface area contributed by atoms with Crippen molar-refractivity contribution in [1.29, 1.82) is 0 Å². The summed E-state index contributed by atoms with van der Waals surface area (Å²) in [7, 11) is 0. The number of aryl methyl sites for hydroxylation is 1. The molecule has 0 spiro atoms. The van der Waals surface area contributed by atoms with Crippen molar-refractivity contribution in [2.75, 3.05) is 0 Å². The molecular formula is C13H19N. The Morgan fingerprint density at radius 3 is 2.36 bits per heavy atom. The second kappa shape index (κ2) is 4.85. The van der Waals surface area contributed by atoms with Gasteiger partial charge >= 0.3 is 0 Å². The third-order valence-electron chi connectivity index (χ3n) is 2.31. The summed E-state index contributed by atoms with van der Waals surface area (Å²) >= 11 is 0. The van der Waals surface area contributed by atoms with Gasteiger partial charge in [-0.1, -0.05) is 43.3 Å². The Balaban J connectivity index is 2.78. The van der Waals surface area contributed by atoms with Crippen LogP contribution in [0.1, 0.15) is 37.4 Å². The maximum atomic E-state index is 3.87. The SMILES string of the molecule is C=C(C)NC(CC)c1ccc(C)cc1. The Kier molecular flexibility index (Phi) is 3.75. The molecule has 0 aliphatic rings. The fourth-order valence-corrected chi connectivity index (χ4v) is 1.52. The van der Waals surface area contributed by atoms with Crippen LogP contribution in [0, 0.1) is 6.92 Å². The van der Waals surface area contributed by atoms with E-state index in [1.165, 1.54) is 11.1 Å². The standard InChI is InChI=1S/C13H19N/c1-5-13(14-10(2)3)12-8-6-11(4)7-9-12/h6-9,13-14H,2,5H2,1,3-4H3. The van der Waals surface area contributed by atoms with E-state index in [0.717, 1.165) is 12.1 Å². The molecule has 0 amide bonds. The highest BCUT2D eigenvalue weighted by atomic mass is 14.9. The zero-order chi connectivity index (χ0) is 10.6. The average molecular weight is 189 g/mol. The third-order valence-corrected chi connectivity index (χ3v) is 2.31. The van der Waals surface area contributed by atoms with E-state index in [-0.39, 0.29) is 0 Å². The Hall–Kier alpha value is -1.24. The monoisotopic (exact) mass is 189 g/mol. The van der Waals surface area contributed by atoms with Crippen LogP contribution in [0.2, 0.25) is 0 Å². The lowest BCUT2D eigenvalue weighted by molar-refractivity contribution is 0.581. The summed E-state index contributed by atoms with van der Waals surface area (Å²) in [5, 5.41) is 3.37. The summed E-state index contributed by atoms with van der Waals surface area (Å²) in [4.78, 5) is 0. The van der Waals surface area contributed by atoms with Crippen LogP contribution in [0.4, 0.5) is 0 Å². The van der Waals surface area contributed by atoms with Crippen molar-refractivity contribution >= 4 is 0 Å². The smallest absolute Gasteiger partial charge is 0.0507 e. The maximum Gasteiger partial charge on any atom is 0.0507 e. The van der Waals surface area contributed by atoms with E-state index in [4.69, 9.17) is 0 Å². The fraction of sp³-hybridized carbons (Fsp3) is 0.385. The molecule has 0 aromatic heterocycles. The normalized spacial score (nSPS) is 12.2. The van der Waals surface area contributed by atoms with Gasteiger partial charge in [0.25, 0.3) is 0 Å². The Labute approximate surface area is 86.8 Å². The number of hydrogen-bond donors (Lipinski definition) is 1. The highest BCUT2D eigenvalue weighted by molar-refractivity contribution is 5.24. The molecule has 0 saturated carbocycles. The average Bonchev–Trinajstić information content (AvgIpc) is 2.15. The van der Waals surface area contributed by atoms with Gasteiger partial charge in [-0.25, -0.2) is 0 Å². The molecule has 0 fully saturated rings. The minimum Gasteiger partial charge on any atom is -0.382 e. The van der Waals surface area contributed by atoms with Crippen molar-refractivity contribution in [3.63, 3.8) is 0 Å². The van der Waals surface area contributed by atoms with Crippen LogP contribution < -0.4 is 5.32 Å². The largest absolute Gasteiger partial charge is 0.382 e. The molecule has 1 atom stereocenters. The van der Waals surface area contributed by atoms with Crippen LogP contribution in [0.15, 0.2) is 36.5 Å². The van der Waals surface area contributed by atoms with Crippen molar-refractivity contribution in [3.05, 3.63) is 47.7 Å². The molecular weight excluding hydrogens is 170 g/mol. The third kappa shape index (κ3) is 2.91. The number of benzene rings is 1. The van der Waals surface area contributed by atoms with Gasteiger partial charge in [0.1, 0.15) is 0 Å². The molecule has 76 valence electrons. The molecule has 0 heterocycles. The zero-order valence-corrected chi connectivity index (χ0v) is 9.30. The number of nitrogens with one attached hydrogen (secondary N) is 1. The molecule has 0 aliphatic heterocycles. The fourth-order valence-electron chi connectivity index (χ4n) is 1.52. The molecule has 0 bridgehead atoms. The van der Waals surface area contributed by atoms with E-state index in [1.54, 1.807) is 0 Å². The molecule has 1 aromatic rings. The van der Waals surface area contributed by atoms with Gasteiger partial charge in [-0.3, -0.25) is 0 Å². The minimum atomic E-state index is 0.396. The van der Waals surface area contributed by atoms with E-state index in [1.807, 2.05) is 6.92 Å². The van der Waals surface area contributed by atoms with Gasteiger partial charge in [0, 0.05) is 5.70 Å². The van der Waals surface area contributed by atoms with Crippen molar-refractivity contribution in [1.82, 2.24) is 5.32 Å². The van der Waals surface area contributed by atoms with Crippen LogP contribution >= 0.6 is 0 Å². The van der Waals surface area contributed by atoms with Gasteiger partial charge < -0.3 is 5.32 Å². The Morgan fingerprint density at radius 2 is 1.93 bits per heavy atom. The highest BCUT2D eigenvalue weighted by Gasteiger charge is 2.06.